The van der Waals surface area contributed by atoms with E-state index in [-0.39, 0.29) is 28.7 Å². The molecule has 0 saturated carbocycles. The summed E-state index contributed by atoms with van der Waals surface area (Å²) in [6.45, 7) is 11.1. The highest BCUT2D eigenvalue weighted by atomic mass is 127. The molecule has 0 radical (unpaired) electrons. The van der Waals surface area contributed by atoms with Crippen molar-refractivity contribution in [2.45, 2.75) is 45.4 Å². The zero-order chi connectivity index (χ0) is 15.0. The van der Waals surface area contributed by atoms with E-state index in [1.165, 1.54) is 4.88 Å². The third kappa shape index (κ3) is 8.25. The smallest absolute Gasteiger partial charge is 0.191 e. The molecule has 2 N–H and O–H groups in total. The summed E-state index contributed by atoms with van der Waals surface area (Å²) < 4.78 is 0.201. The minimum Gasteiger partial charge on any atom is -0.357 e. The first-order chi connectivity index (χ1) is 9.50. The van der Waals surface area contributed by atoms with Crippen LogP contribution in [0.15, 0.2) is 11.2 Å². The molecule has 0 saturated heterocycles. The quantitative estimate of drug-likeness (QED) is 0.386. The van der Waals surface area contributed by atoms with Crippen LogP contribution in [0.5, 0.6) is 0 Å². The van der Waals surface area contributed by atoms with Gasteiger partial charge in [0, 0.05) is 28.9 Å². The summed E-state index contributed by atoms with van der Waals surface area (Å²) in [4.78, 5) is 10.3. The van der Waals surface area contributed by atoms with Crippen molar-refractivity contribution in [1.82, 2.24) is 15.6 Å². The van der Waals surface area contributed by atoms with Gasteiger partial charge in [-0.2, -0.15) is 11.8 Å². The Labute approximate surface area is 154 Å². The van der Waals surface area contributed by atoms with Gasteiger partial charge in [-0.25, -0.2) is 9.98 Å². The number of hydrogen-bond acceptors (Lipinski definition) is 4. The van der Waals surface area contributed by atoms with E-state index in [9.17, 15) is 0 Å². The van der Waals surface area contributed by atoms with Crippen molar-refractivity contribution in [3.8, 4) is 0 Å². The van der Waals surface area contributed by atoms with Crippen LogP contribution in [0, 0.1) is 0 Å². The maximum Gasteiger partial charge on any atom is 0.191 e. The molecule has 0 aliphatic rings. The Bertz CT molecular complexity index is 432. The third-order valence-corrected chi connectivity index (χ3v) is 5.28. The van der Waals surface area contributed by atoms with E-state index < -0.39 is 0 Å². The summed E-state index contributed by atoms with van der Waals surface area (Å²) in [6.07, 6.45) is 5.13. The van der Waals surface area contributed by atoms with E-state index in [1.807, 2.05) is 18.0 Å². The number of aliphatic imine (C=N–C) groups is 1. The Morgan fingerprint density at radius 2 is 2.10 bits per heavy atom. The molecular weight excluding hydrogens is 415 g/mol. The average molecular weight is 442 g/mol. The van der Waals surface area contributed by atoms with Gasteiger partial charge in [0.2, 0.25) is 0 Å². The van der Waals surface area contributed by atoms with Crippen molar-refractivity contribution >= 4 is 53.0 Å². The molecule has 0 aliphatic carbocycles. The van der Waals surface area contributed by atoms with Gasteiger partial charge in [0.1, 0.15) is 5.01 Å². The predicted molar refractivity (Wildman–Crippen MR) is 107 cm³/mol. The minimum absolute atomic E-state index is 0. The van der Waals surface area contributed by atoms with Crippen LogP contribution in [-0.4, -0.2) is 35.0 Å². The van der Waals surface area contributed by atoms with Gasteiger partial charge in [0.25, 0.3) is 0 Å². The first-order valence-corrected chi connectivity index (χ1v) is 9.05. The Kier molecular flexibility index (Phi) is 10.7. The van der Waals surface area contributed by atoms with Gasteiger partial charge in [0.05, 0.1) is 6.54 Å². The first-order valence-electron chi connectivity index (χ1n) is 7.01. The molecule has 21 heavy (non-hydrogen) atoms. The molecule has 1 aromatic rings. The van der Waals surface area contributed by atoms with Crippen molar-refractivity contribution in [1.29, 1.82) is 0 Å². The summed E-state index contributed by atoms with van der Waals surface area (Å²) in [6, 6.07) is 0. The number of nitrogens with one attached hydrogen (secondary N) is 2. The number of rotatable bonds is 7. The number of nitrogens with zero attached hydrogens (tertiary/aromatic N) is 2. The molecule has 0 atom stereocenters. The average Bonchev–Trinajstić information content (AvgIpc) is 2.90. The van der Waals surface area contributed by atoms with Gasteiger partial charge < -0.3 is 10.6 Å². The monoisotopic (exact) mass is 442 g/mol. The van der Waals surface area contributed by atoms with Crippen molar-refractivity contribution in [3.63, 3.8) is 0 Å². The SMILES string of the molecule is CCNC(=NCc1ncc(CC)s1)NCC(C)(C)SC.I. The van der Waals surface area contributed by atoms with Crippen molar-refractivity contribution in [2.75, 3.05) is 19.3 Å². The predicted octanol–water partition coefficient (Wildman–Crippen LogP) is 3.52. The lowest BCUT2D eigenvalue weighted by molar-refractivity contribution is 0.665. The Balaban J connectivity index is 0.00000400. The number of thiazole rings is 1. The molecule has 0 fully saturated rings. The summed E-state index contributed by atoms with van der Waals surface area (Å²) in [5.74, 6) is 0.864. The number of guanidine groups is 1. The first kappa shape index (κ1) is 21.0. The van der Waals surface area contributed by atoms with E-state index >= 15 is 0 Å². The van der Waals surface area contributed by atoms with Crippen LogP contribution < -0.4 is 10.6 Å². The second-order valence-electron chi connectivity index (χ2n) is 5.09. The number of thioether (sulfide) groups is 1. The highest BCUT2D eigenvalue weighted by molar-refractivity contribution is 14.0. The number of aryl methyl sites for hydroxylation is 1. The van der Waals surface area contributed by atoms with Crippen molar-refractivity contribution < 1.29 is 0 Å². The largest absolute Gasteiger partial charge is 0.357 e. The molecule has 122 valence electrons. The topological polar surface area (TPSA) is 49.3 Å². The van der Waals surface area contributed by atoms with Crippen LogP contribution in [0.2, 0.25) is 0 Å². The lowest BCUT2D eigenvalue weighted by Crippen LogP contribution is -2.43. The lowest BCUT2D eigenvalue weighted by Gasteiger charge is -2.23. The minimum atomic E-state index is 0. The number of halogens is 1. The Hall–Kier alpha value is -0.0200. The van der Waals surface area contributed by atoms with E-state index in [1.54, 1.807) is 11.3 Å². The molecule has 0 amide bonds. The van der Waals surface area contributed by atoms with Gasteiger partial charge in [-0.15, -0.1) is 35.3 Å². The second-order valence-corrected chi connectivity index (χ2v) is 7.80. The standard InChI is InChI=1S/C14H26N4S2.HI/c1-6-11-8-16-12(20-11)9-17-13(15-7-2)18-10-14(3,4)19-5;/h8H,6-7,9-10H2,1-5H3,(H2,15,17,18);1H. The van der Waals surface area contributed by atoms with Gasteiger partial charge in [-0.1, -0.05) is 6.92 Å². The van der Waals surface area contributed by atoms with Crippen LogP contribution in [0.3, 0.4) is 0 Å². The summed E-state index contributed by atoms with van der Waals surface area (Å²) in [5, 5.41) is 7.75. The van der Waals surface area contributed by atoms with Crippen LogP contribution in [-0.2, 0) is 13.0 Å². The van der Waals surface area contributed by atoms with E-state index in [0.717, 1.165) is 30.5 Å². The van der Waals surface area contributed by atoms with E-state index in [0.29, 0.717) is 6.54 Å². The maximum atomic E-state index is 4.60. The lowest BCUT2D eigenvalue weighted by atomic mass is 10.2. The molecule has 1 aromatic heterocycles. The van der Waals surface area contributed by atoms with Crippen LogP contribution >= 0.6 is 47.1 Å². The van der Waals surface area contributed by atoms with Crippen molar-refractivity contribution in [3.05, 3.63) is 16.1 Å². The van der Waals surface area contributed by atoms with Gasteiger partial charge in [-0.3, -0.25) is 0 Å². The fraction of sp³-hybridized carbons (Fsp3) is 0.714. The highest BCUT2D eigenvalue weighted by Gasteiger charge is 2.16. The summed E-state index contributed by atoms with van der Waals surface area (Å²) >= 11 is 3.60. The van der Waals surface area contributed by atoms with Crippen molar-refractivity contribution in [2.24, 2.45) is 4.99 Å². The normalized spacial score (nSPS) is 12.0. The molecule has 4 nitrogen and oxygen atoms in total. The zero-order valence-electron chi connectivity index (χ0n) is 13.5. The molecule has 0 spiro atoms. The molecule has 1 heterocycles. The highest BCUT2D eigenvalue weighted by Crippen LogP contribution is 2.19. The number of aromatic nitrogens is 1. The van der Waals surface area contributed by atoms with Crippen LogP contribution in [0.4, 0.5) is 0 Å². The maximum absolute atomic E-state index is 4.60. The van der Waals surface area contributed by atoms with E-state index in [2.05, 4.69) is 54.6 Å². The van der Waals surface area contributed by atoms with Gasteiger partial charge in [-0.05, 0) is 33.4 Å². The molecule has 0 aliphatic heterocycles. The zero-order valence-corrected chi connectivity index (χ0v) is 17.5. The fourth-order valence-electron chi connectivity index (χ4n) is 1.44. The molecule has 0 aromatic carbocycles. The Morgan fingerprint density at radius 1 is 1.38 bits per heavy atom. The molecule has 1 rings (SSSR count). The summed E-state index contributed by atoms with van der Waals surface area (Å²) in [7, 11) is 0. The summed E-state index contributed by atoms with van der Waals surface area (Å²) in [5.41, 5.74) is 0. The van der Waals surface area contributed by atoms with Crippen LogP contribution in [0.25, 0.3) is 0 Å². The second kappa shape index (κ2) is 10.7. The molecule has 7 heteroatoms. The number of hydrogen-bond donors (Lipinski definition) is 2. The van der Waals surface area contributed by atoms with E-state index in [4.69, 9.17) is 0 Å². The third-order valence-electron chi connectivity index (χ3n) is 2.90. The van der Waals surface area contributed by atoms with Gasteiger partial charge >= 0.3 is 0 Å². The van der Waals surface area contributed by atoms with Gasteiger partial charge in [0.15, 0.2) is 5.96 Å². The molecular formula is C14H27IN4S2. The molecule has 0 bridgehead atoms. The van der Waals surface area contributed by atoms with Crippen LogP contribution in [0.1, 0.15) is 37.6 Å². The fourth-order valence-corrected chi connectivity index (χ4v) is 2.45. The Morgan fingerprint density at radius 3 is 2.62 bits per heavy atom. The molecule has 0 unspecified atom stereocenters.